The SMILES string of the molecule is CC(C)c1ccccc1N(CC(=O)N(Cc1ccc(Cl)cc1Cl)[C@@H](Cc1ccccc1)C(=O)NC(C)(C)C)S(C)(=O)=O. The summed E-state index contributed by atoms with van der Waals surface area (Å²) in [5.41, 5.74) is 2.05. The lowest BCUT2D eigenvalue weighted by Crippen LogP contribution is -2.56. The summed E-state index contributed by atoms with van der Waals surface area (Å²) in [6, 6.07) is 20.5. The minimum absolute atomic E-state index is 0.00733. The molecule has 3 rings (SSSR count). The molecule has 0 radical (unpaired) electrons. The van der Waals surface area contributed by atoms with Crippen molar-refractivity contribution < 1.29 is 18.0 Å². The van der Waals surface area contributed by atoms with Crippen molar-refractivity contribution in [3.05, 3.63) is 99.5 Å². The number of hydrogen-bond donors (Lipinski definition) is 1. The number of benzene rings is 3. The van der Waals surface area contributed by atoms with E-state index in [9.17, 15) is 18.0 Å². The van der Waals surface area contributed by atoms with Gasteiger partial charge in [-0.1, -0.05) is 91.6 Å². The molecule has 0 saturated heterocycles. The van der Waals surface area contributed by atoms with Gasteiger partial charge in [-0.05, 0) is 61.6 Å². The number of carbonyl (C=O) groups excluding carboxylic acids is 2. The molecule has 0 spiro atoms. The predicted octanol–water partition coefficient (Wildman–Crippen LogP) is 6.44. The highest BCUT2D eigenvalue weighted by Crippen LogP contribution is 2.30. The molecule has 10 heteroatoms. The van der Waals surface area contributed by atoms with Gasteiger partial charge in [0.1, 0.15) is 12.6 Å². The number of amides is 2. The number of sulfonamides is 1. The molecule has 0 saturated carbocycles. The Morgan fingerprint density at radius 2 is 1.55 bits per heavy atom. The first-order valence-corrected chi connectivity index (χ1v) is 16.3. The van der Waals surface area contributed by atoms with Gasteiger partial charge in [-0.2, -0.15) is 0 Å². The van der Waals surface area contributed by atoms with Crippen molar-refractivity contribution in [2.24, 2.45) is 0 Å². The Balaban J connectivity index is 2.14. The van der Waals surface area contributed by atoms with Gasteiger partial charge in [0.05, 0.1) is 11.9 Å². The molecule has 0 aliphatic carbocycles. The van der Waals surface area contributed by atoms with Crippen LogP contribution in [-0.4, -0.2) is 49.5 Å². The van der Waals surface area contributed by atoms with Crippen LogP contribution in [0.2, 0.25) is 10.0 Å². The van der Waals surface area contributed by atoms with E-state index in [4.69, 9.17) is 23.2 Å². The van der Waals surface area contributed by atoms with Gasteiger partial charge in [-0.25, -0.2) is 8.42 Å². The smallest absolute Gasteiger partial charge is 0.244 e. The molecule has 3 aromatic rings. The number of nitrogens with zero attached hydrogens (tertiary/aromatic N) is 2. The summed E-state index contributed by atoms with van der Waals surface area (Å²) in [6.45, 7) is 8.98. The van der Waals surface area contributed by atoms with E-state index in [2.05, 4.69) is 5.32 Å². The van der Waals surface area contributed by atoms with Gasteiger partial charge in [0.2, 0.25) is 21.8 Å². The van der Waals surface area contributed by atoms with Gasteiger partial charge in [0.15, 0.2) is 0 Å². The van der Waals surface area contributed by atoms with E-state index < -0.39 is 34.1 Å². The minimum Gasteiger partial charge on any atom is -0.350 e. The van der Waals surface area contributed by atoms with Gasteiger partial charge in [0, 0.05) is 28.5 Å². The maximum atomic E-state index is 14.3. The van der Waals surface area contributed by atoms with E-state index in [0.717, 1.165) is 21.7 Å². The van der Waals surface area contributed by atoms with Crippen LogP contribution in [0.25, 0.3) is 0 Å². The first-order chi connectivity index (χ1) is 19.6. The third kappa shape index (κ3) is 9.21. The lowest BCUT2D eigenvalue weighted by Gasteiger charge is -2.35. The van der Waals surface area contributed by atoms with Crippen molar-refractivity contribution in [2.45, 2.75) is 65.1 Å². The first-order valence-electron chi connectivity index (χ1n) is 13.7. The number of carbonyl (C=O) groups is 2. The van der Waals surface area contributed by atoms with Crippen molar-refractivity contribution >= 4 is 50.7 Å². The standard InChI is InChI=1S/C32H39Cl2N3O4S/c1-22(2)26-14-10-11-15-28(26)37(42(6,40)41)21-30(38)36(20-24-16-17-25(33)19-27(24)34)29(31(39)35-32(3,4)5)18-23-12-8-7-9-13-23/h7-17,19,22,29H,18,20-21H2,1-6H3,(H,35,39)/t29-/m0/s1. The Kier molecular flexibility index (Phi) is 11.1. The van der Waals surface area contributed by atoms with Gasteiger partial charge < -0.3 is 10.2 Å². The molecule has 1 atom stereocenters. The van der Waals surface area contributed by atoms with E-state index in [1.54, 1.807) is 30.3 Å². The summed E-state index contributed by atoms with van der Waals surface area (Å²) < 4.78 is 27.4. The Labute approximate surface area is 259 Å². The fourth-order valence-corrected chi connectivity index (χ4v) is 5.97. The maximum Gasteiger partial charge on any atom is 0.244 e. The Morgan fingerprint density at radius 3 is 2.12 bits per heavy atom. The van der Waals surface area contributed by atoms with Crippen LogP contribution in [0.5, 0.6) is 0 Å². The van der Waals surface area contributed by atoms with Crippen molar-refractivity contribution in [3.8, 4) is 0 Å². The fraction of sp³-hybridized carbons (Fsp3) is 0.375. The molecule has 0 aromatic heterocycles. The first kappa shape index (κ1) is 33.4. The Morgan fingerprint density at radius 1 is 0.929 bits per heavy atom. The summed E-state index contributed by atoms with van der Waals surface area (Å²) >= 11 is 12.7. The molecule has 0 heterocycles. The van der Waals surface area contributed by atoms with Crippen LogP contribution >= 0.6 is 23.2 Å². The second-order valence-electron chi connectivity index (χ2n) is 11.7. The van der Waals surface area contributed by atoms with E-state index in [1.165, 1.54) is 4.90 Å². The highest BCUT2D eigenvalue weighted by atomic mass is 35.5. The van der Waals surface area contributed by atoms with Crippen LogP contribution in [0.1, 0.15) is 57.2 Å². The van der Waals surface area contributed by atoms with Crippen LogP contribution < -0.4 is 9.62 Å². The quantitative estimate of drug-likeness (QED) is 0.264. The van der Waals surface area contributed by atoms with Crippen LogP contribution in [0, 0.1) is 0 Å². The van der Waals surface area contributed by atoms with Crippen LogP contribution in [0.3, 0.4) is 0 Å². The van der Waals surface area contributed by atoms with Crippen molar-refractivity contribution in [1.29, 1.82) is 0 Å². The minimum atomic E-state index is -3.88. The highest BCUT2D eigenvalue weighted by Gasteiger charge is 2.35. The lowest BCUT2D eigenvalue weighted by molar-refractivity contribution is -0.140. The number of para-hydroxylation sites is 1. The molecule has 1 N–H and O–H groups in total. The molecule has 7 nitrogen and oxygen atoms in total. The van der Waals surface area contributed by atoms with E-state index in [1.807, 2.05) is 77.1 Å². The zero-order valence-electron chi connectivity index (χ0n) is 24.9. The normalized spacial score (nSPS) is 12.6. The second-order valence-corrected chi connectivity index (χ2v) is 14.4. The molecule has 42 heavy (non-hydrogen) atoms. The third-order valence-corrected chi connectivity index (χ3v) is 8.35. The van der Waals surface area contributed by atoms with E-state index in [-0.39, 0.29) is 24.8 Å². The molecule has 2 amide bonds. The molecule has 0 unspecified atom stereocenters. The summed E-state index contributed by atoms with van der Waals surface area (Å²) in [4.78, 5) is 29.6. The Hall–Kier alpha value is -3.07. The number of anilines is 1. The summed E-state index contributed by atoms with van der Waals surface area (Å²) in [7, 11) is -3.88. The van der Waals surface area contributed by atoms with Crippen molar-refractivity contribution in [2.75, 3.05) is 17.1 Å². The van der Waals surface area contributed by atoms with Gasteiger partial charge in [-0.3, -0.25) is 13.9 Å². The monoisotopic (exact) mass is 631 g/mol. The zero-order chi connectivity index (χ0) is 31.2. The second kappa shape index (κ2) is 13.9. The molecule has 0 aliphatic rings. The van der Waals surface area contributed by atoms with Crippen LogP contribution in [-0.2, 0) is 32.6 Å². The van der Waals surface area contributed by atoms with Crippen molar-refractivity contribution in [3.63, 3.8) is 0 Å². The molecule has 0 bridgehead atoms. The molecule has 226 valence electrons. The third-order valence-electron chi connectivity index (χ3n) is 6.63. The lowest BCUT2D eigenvalue weighted by atomic mass is 10.00. The molecular formula is C32H39Cl2N3O4S. The van der Waals surface area contributed by atoms with Crippen LogP contribution in [0.4, 0.5) is 5.69 Å². The average Bonchev–Trinajstić information content (AvgIpc) is 2.89. The molecular weight excluding hydrogens is 593 g/mol. The number of nitrogens with one attached hydrogen (secondary N) is 1. The average molecular weight is 633 g/mol. The molecule has 0 aliphatic heterocycles. The largest absolute Gasteiger partial charge is 0.350 e. The van der Waals surface area contributed by atoms with Crippen molar-refractivity contribution in [1.82, 2.24) is 10.2 Å². The van der Waals surface area contributed by atoms with E-state index >= 15 is 0 Å². The summed E-state index contributed by atoms with van der Waals surface area (Å²) in [6.07, 6.45) is 1.28. The van der Waals surface area contributed by atoms with Crippen LogP contribution in [0.15, 0.2) is 72.8 Å². The van der Waals surface area contributed by atoms with Gasteiger partial charge in [-0.15, -0.1) is 0 Å². The zero-order valence-corrected chi connectivity index (χ0v) is 27.2. The fourth-order valence-electron chi connectivity index (χ4n) is 4.64. The number of hydrogen-bond acceptors (Lipinski definition) is 4. The number of rotatable bonds is 11. The van der Waals surface area contributed by atoms with Gasteiger partial charge in [0.25, 0.3) is 0 Å². The van der Waals surface area contributed by atoms with E-state index in [0.29, 0.717) is 21.3 Å². The highest BCUT2D eigenvalue weighted by molar-refractivity contribution is 7.92. The Bertz CT molecular complexity index is 1510. The molecule has 3 aromatic carbocycles. The molecule has 0 fully saturated rings. The van der Waals surface area contributed by atoms with Gasteiger partial charge >= 0.3 is 0 Å². The summed E-state index contributed by atoms with van der Waals surface area (Å²) in [5, 5.41) is 3.77. The number of halogens is 2. The summed E-state index contributed by atoms with van der Waals surface area (Å²) in [5.74, 6) is -0.902. The maximum absolute atomic E-state index is 14.3. The predicted molar refractivity (Wildman–Crippen MR) is 172 cm³/mol. The topological polar surface area (TPSA) is 86.8 Å².